The highest BCUT2D eigenvalue weighted by atomic mass is 32.2. The third kappa shape index (κ3) is 5.50. The van der Waals surface area contributed by atoms with Crippen molar-refractivity contribution in [2.75, 3.05) is 6.54 Å². The fourth-order valence-corrected chi connectivity index (χ4v) is 3.49. The van der Waals surface area contributed by atoms with Crippen LogP contribution in [0.25, 0.3) is 11.3 Å². The first kappa shape index (κ1) is 20.2. The second kappa shape index (κ2) is 9.13. The Balaban J connectivity index is 1.45. The molecule has 0 radical (unpaired) electrons. The molecule has 1 heterocycles. The average Bonchev–Trinajstić information content (AvgIpc) is 3.24. The molecule has 0 spiro atoms. The molecular formula is C19H19N5O4S. The predicted molar refractivity (Wildman–Crippen MR) is 106 cm³/mol. The van der Waals surface area contributed by atoms with E-state index in [1.165, 1.54) is 12.1 Å². The standard InChI is InChI=1S/C19H19N5O4S/c25-18(11-12-20-29(27,28)15-9-5-2-6-10-15)23-24-19(26)17-13-16(21-22-17)14-7-3-1-4-8-14/h1-10,13,20H,11-12H2,(H,21,22)(H,23,25)(H,24,26). The maximum atomic E-state index is 12.1. The van der Waals surface area contributed by atoms with Gasteiger partial charge in [-0.2, -0.15) is 5.10 Å². The van der Waals surface area contributed by atoms with Gasteiger partial charge in [0.1, 0.15) is 5.69 Å². The third-order valence-electron chi connectivity index (χ3n) is 3.91. The van der Waals surface area contributed by atoms with Gasteiger partial charge in [-0.15, -0.1) is 0 Å². The van der Waals surface area contributed by atoms with Gasteiger partial charge in [0.05, 0.1) is 10.6 Å². The Morgan fingerprint density at radius 2 is 1.59 bits per heavy atom. The van der Waals surface area contributed by atoms with Gasteiger partial charge in [-0.3, -0.25) is 25.5 Å². The number of amides is 2. The maximum Gasteiger partial charge on any atom is 0.287 e. The highest BCUT2D eigenvalue weighted by molar-refractivity contribution is 7.89. The molecule has 0 aliphatic rings. The molecular weight excluding hydrogens is 394 g/mol. The molecule has 4 N–H and O–H groups in total. The molecule has 2 aromatic carbocycles. The predicted octanol–water partition coefficient (Wildman–Crippen LogP) is 1.21. The number of nitrogens with one attached hydrogen (secondary N) is 4. The minimum Gasteiger partial charge on any atom is -0.273 e. The number of carbonyl (C=O) groups is 2. The number of aromatic amines is 1. The number of aromatic nitrogens is 2. The summed E-state index contributed by atoms with van der Waals surface area (Å²) in [7, 11) is -3.68. The molecule has 29 heavy (non-hydrogen) atoms. The van der Waals surface area contributed by atoms with Crippen LogP contribution in [0, 0.1) is 0 Å². The lowest BCUT2D eigenvalue weighted by Crippen LogP contribution is -2.43. The SMILES string of the molecule is O=C(CCNS(=O)(=O)c1ccccc1)NNC(=O)c1cc(-c2ccccc2)n[nH]1. The van der Waals surface area contributed by atoms with Crippen LogP contribution < -0.4 is 15.6 Å². The van der Waals surface area contributed by atoms with E-state index in [9.17, 15) is 18.0 Å². The van der Waals surface area contributed by atoms with Crippen LogP contribution in [0.4, 0.5) is 0 Å². The zero-order valence-corrected chi connectivity index (χ0v) is 16.1. The molecule has 10 heteroatoms. The summed E-state index contributed by atoms with van der Waals surface area (Å²) in [6, 6.07) is 18.7. The Kier molecular flexibility index (Phi) is 6.37. The molecule has 0 saturated heterocycles. The molecule has 0 fully saturated rings. The van der Waals surface area contributed by atoms with Crippen molar-refractivity contribution in [2.45, 2.75) is 11.3 Å². The van der Waals surface area contributed by atoms with Crippen LogP contribution in [-0.4, -0.2) is 37.0 Å². The van der Waals surface area contributed by atoms with Gasteiger partial charge < -0.3 is 0 Å². The molecule has 150 valence electrons. The molecule has 2 amide bonds. The van der Waals surface area contributed by atoms with Crippen LogP contribution in [0.3, 0.4) is 0 Å². The summed E-state index contributed by atoms with van der Waals surface area (Å²) in [5.74, 6) is -1.12. The fourth-order valence-electron chi connectivity index (χ4n) is 2.43. The van der Waals surface area contributed by atoms with E-state index in [2.05, 4.69) is 25.8 Å². The summed E-state index contributed by atoms with van der Waals surface area (Å²) >= 11 is 0. The molecule has 9 nitrogen and oxygen atoms in total. The zero-order valence-electron chi connectivity index (χ0n) is 15.3. The first-order chi connectivity index (χ1) is 14.0. The van der Waals surface area contributed by atoms with Crippen molar-refractivity contribution in [3.63, 3.8) is 0 Å². The second-order valence-electron chi connectivity index (χ2n) is 6.00. The van der Waals surface area contributed by atoms with Gasteiger partial charge in [0, 0.05) is 18.5 Å². The van der Waals surface area contributed by atoms with Crippen molar-refractivity contribution < 1.29 is 18.0 Å². The van der Waals surface area contributed by atoms with Crippen molar-refractivity contribution in [3.05, 3.63) is 72.4 Å². The quantitative estimate of drug-likeness (QED) is 0.432. The maximum absolute atomic E-state index is 12.1. The first-order valence-corrected chi connectivity index (χ1v) is 10.2. The fraction of sp³-hybridized carbons (Fsp3) is 0.105. The van der Waals surface area contributed by atoms with Gasteiger partial charge in [0.15, 0.2) is 0 Å². The number of H-pyrrole nitrogens is 1. The number of hydrogen-bond acceptors (Lipinski definition) is 5. The molecule has 0 aliphatic carbocycles. The molecule has 0 saturated carbocycles. The molecule has 0 unspecified atom stereocenters. The van der Waals surface area contributed by atoms with Crippen LogP contribution in [-0.2, 0) is 14.8 Å². The lowest BCUT2D eigenvalue weighted by atomic mass is 10.1. The molecule has 1 aromatic heterocycles. The molecule has 0 bridgehead atoms. The van der Waals surface area contributed by atoms with Crippen molar-refractivity contribution >= 4 is 21.8 Å². The normalized spacial score (nSPS) is 11.0. The largest absolute Gasteiger partial charge is 0.287 e. The van der Waals surface area contributed by atoms with E-state index in [0.29, 0.717) is 5.69 Å². The van der Waals surface area contributed by atoms with Gasteiger partial charge in [-0.25, -0.2) is 13.1 Å². The second-order valence-corrected chi connectivity index (χ2v) is 7.76. The summed E-state index contributed by atoms with van der Waals surface area (Å²) in [4.78, 5) is 24.1. The smallest absolute Gasteiger partial charge is 0.273 e. The first-order valence-electron chi connectivity index (χ1n) is 8.70. The Morgan fingerprint density at radius 3 is 2.28 bits per heavy atom. The number of carbonyl (C=O) groups excluding carboxylic acids is 2. The Hall–Kier alpha value is -3.50. The summed E-state index contributed by atoms with van der Waals surface area (Å²) in [6.07, 6.45) is -0.148. The van der Waals surface area contributed by atoms with Crippen molar-refractivity contribution in [1.29, 1.82) is 0 Å². The lowest BCUT2D eigenvalue weighted by molar-refractivity contribution is -0.121. The Morgan fingerprint density at radius 1 is 0.931 bits per heavy atom. The van der Waals surface area contributed by atoms with E-state index in [1.807, 2.05) is 30.3 Å². The van der Waals surface area contributed by atoms with Crippen LogP contribution in [0.5, 0.6) is 0 Å². The summed E-state index contributed by atoms with van der Waals surface area (Å²) in [5, 5.41) is 6.67. The van der Waals surface area contributed by atoms with Crippen LogP contribution in [0.2, 0.25) is 0 Å². The van der Waals surface area contributed by atoms with Crippen LogP contribution >= 0.6 is 0 Å². The molecule has 3 aromatic rings. The monoisotopic (exact) mass is 413 g/mol. The zero-order chi connectivity index (χ0) is 20.7. The van der Waals surface area contributed by atoms with Gasteiger partial charge in [0.25, 0.3) is 5.91 Å². The van der Waals surface area contributed by atoms with Gasteiger partial charge in [-0.1, -0.05) is 48.5 Å². The highest BCUT2D eigenvalue weighted by Gasteiger charge is 2.14. The number of benzene rings is 2. The van der Waals surface area contributed by atoms with Crippen LogP contribution in [0.1, 0.15) is 16.9 Å². The van der Waals surface area contributed by atoms with Gasteiger partial charge >= 0.3 is 0 Å². The Labute approximate surface area is 167 Å². The highest BCUT2D eigenvalue weighted by Crippen LogP contribution is 2.16. The van der Waals surface area contributed by atoms with Crippen molar-refractivity contribution in [2.24, 2.45) is 0 Å². The van der Waals surface area contributed by atoms with Gasteiger partial charge in [-0.05, 0) is 18.2 Å². The van der Waals surface area contributed by atoms with Gasteiger partial charge in [0.2, 0.25) is 15.9 Å². The van der Waals surface area contributed by atoms with E-state index in [4.69, 9.17) is 0 Å². The summed E-state index contributed by atoms with van der Waals surface area (Å²) < 4.78 is 26.5. The lowest BCUT2D eigenvalue weighted by Gasteiger charge is -2.08. The minimum atomic E-state index is -3.68. The topological polar surface area (TPSA) is 133 Å². The summed E-state index contributed by atoms with van der Waals surface area (Å²) in [5.41, 5.74) is 6.11. The third-order valence-corrected chi connectivity index (χ3v) is 5.38. The van der Waals surface area contributed by atoms with Crippen molar-refractivity contribution in [1.82, 2.24) is 25.8 Å². The molecule has 0 atom stereocenters. The summed E-state index contributed by atoms with van der Waals surface area (Å²) in [6.45, 7) is -0.110. The number of rotatable bonds is 7. The molecule has 3 rings (SSSR count). The van der Waals surface area contributed by atoms with E-state index < -0.39 is 21.8 Å². The Bertz CT molecular complexity index is 1080. The van der Waals surface area contributed by atoms with E-state index >= 15 is 0 Å². The van der Waals surface area contributed by atoms with Crippen molar-refractivity contribution in [3.8, 4) is 11.3 Å². The number of hydrazine groups is 1. The van der Waals surface area contributed by atoms with E-state index in [0.717, 1.165) is 5.56 Å². The minimum absolute atomic E-state index is 0.110. The number of hydrogen-bond donors (Lipinski definition) is 4. The van der Waals surface area contributed by atoms with E-state index in [1.54, 1.807) is 24.3 Å². The van der Waals surface area contributed by atoms with E-state index in [-0.39, 0.29) is 23.6 Å². The number of nitrogens with zero attached hydrogens (tertiary/aromatic N) is 1. The van der Waals surface area contributed by atoms with Crippen LogP contribution in [0.15, 0.2) is 71.6 Å². The average molecular weight is 413 g/mol. The molecule has 0 aliphatic heterocycles. The number of sulfonamides is 1.